The van der Waals surface area contributed by atoms with Gasteiger partial charge >= 0.3 is 0 Å². The van der Waals surface area contributed by atoms with Crippen LogP contribution in [-0.4, -0.2) is 14.5 Å². The second kappa shape index (κ2) is 20.5. The highest BCUT2D eigenvalue weighted by Gasteiger charge is 2.26. The molecule has 0 fully saturated rings. The first kappa shape index (κ1) is 53.1. The van der Waals surface area contributed by atoms with Crippen molar-refractivity contribution in [1.29, 1.82) is 0 Å². The van der Waals surface area contributed by atoms with Gasteiger partial charge in [-0.1, -0.05) is 224 Å². The Morgan fingerprint density at radius 2 is 0.875 bits per heavy atom. The van der Waals surface area contributed by atoms with E-state index in [1.807, 2.05) is 17.4 Å². The van der Waals surface area contributed by atoms with E-state index in [1.54, 1.807) is 0 Å². The summed E-state index contributed by atoms with van der Waals surface area (Å²) in [5.41, 5.74) is 14.4. The molecule has 444 valence electrons. The fourth-order valence-electron chi connectivity index (χ4n) is 15.9. The molecule has 0 saturated heterocycles. The minimum absolute atomic E-state index is 0.649. The molecule has 0 atom stereocenters. The smallest absolute Gasteiger partial charge is 0.162 e. The van der Waals surface area contributed by atoms with Crippen molar-refractivity contribution in [3.05, 3.63) is 315 Å². The molecule has 0 aliphatic carbocycles. The Hall–Kier alpha value is -12.5. The van der Waals surface area contributed by atoms with E-state index < -0.39 is 0 Å². The second-order valence-electron chi connectivity index (χ2n) is 25.5. The molecule has 6 heteroatoms. The van der Waals surface area contributed by atoms with Crippen LogP contribution >= 0.6 is 11.3 Å². The van der Waals surface area contributed by atoms with Crippen molar-refractivity contribution in [2.45, 2.75) is 0 Å². The summed E-state index contributed by atoms with van der Waals surface area (Å²) in [5.74, 6) is 1.42. The molecule has 4 aromatic heterocycles. The van der Waals surface area contributed by atoms with Gasteiger partial charge in [-0.05, 0) is 177 Å². The zero-order valence-corrected chi connectivity index (χ0v) is 52.4. The molecule has 5 nitrogen and oxygen atoms in total. The summed E-state index contributed by atoms with van der Waals surface area (Å²) in [6.45, 7) is 0. The van der Waals surface area contributed by atoms with Crippen LogP contribution in [-0.2, 0) is 0 Å². The van der Waals surface area contributed by atoms with E-state index in [0.717, 1.165) is 116 Å². The zero-order valence-electron chi connectivity index (χ0n) is 51.6. The van der Waals surface area contributed by atoms with Gasteiger partial charge in [-0.25, -0.2) is 9.97 Å². The molecule has 4 heterocycles. The summed E-state index contributed by atoms with van der Waals surface area (Å²) in [4.78, 5) is 13.4. The van der Waals surface area contributed by atoms with Crippen LogP contribution in [0, 0.1) is 0 Å². The number of benzene rings is 17. The van der Waals surface area contributed by atoms with Gasteiger partial charge in [-0.3, -0.25) is 4.57 Å². The average molecular weight is 1240 g/mol. The lowest BCUT2D eigenvalue weighted by Crippen LogP contribution is -2.11. The van der Waals surface area contributed by atoms with E-state index in [0.29, 0.717) is 5.82 Å². The van der Waals surface area contributed by atoms with Crippen molar-refractivity contribution >= 4 is 168 Å². The third kappa shape index (κ3) is 7.97. The van der Waals surface area contributed by atoms with Crippen LogP contribution in [0.15, 0.2) is 320 Å². The number of aromatic nitrogens is 3. The lowest BCUT2D eigenvalue weighted by atomic mass is 9.92. The highest BCUT2D eigenvalue weighted by molar-refractivity contribution is 7.26. The van der Waals surface area contributed by atoms with Gasteiger partial charge in [0.1, 0.15) is 17.0 Å². The summed E-state index contributed by atoms with van der Waals surface area (Å²) < 4.78 is 12.0. The summed E-state index contributed by atoms with van der Waals surface area (Å²) in [7, 11) is 0. The van der Waals surface area contributed by atoms with Crippen molar-refractivity contribution in [3.8, 4) is 50.7 Å². The van der Waals surface area contributed by atoms with E-state index in [4.69, 9.17) is 14.4 Å². The van der Waals surface area contributed by atoms with Crippen molar-refractivity contribution in [2.24, 2.45) is 0 Å². The fraction of sp³-hybridized carbons (Fsp3) is 0. The van der Waals surface area contributed by atoms with Crippen LogP contribution in [0.1, 0.15) is 0 Å². The first-order chi connectivity index (χ1) is 47.6. The molecule has 0 aliphatic heterocycles. The SMILES string of the molecule is c1ccc(-c2cccc(-c3cc(-n4c5ccc(-c6ccc7cc(N(c8ccc9ccc%10cccc%11ccc8c9c%10%11)c8cccc9sc%10ccccc%10c89)ccc7c6)cc5c5c6c(ccc54)oc4cc5c7ccccc7c7ccccc7c5cc46)nc(-c4ccccc4)n3)c2)cc1. The van der Waals surface area contributed by atoms with Crippen molar-refractivity contribution < 1.29 is 4.42 Å². The van der Waals surface area contributed by atoms with Crippen LogP contribution in [0.25, 0.3) is 190 Å². The van der Waals surface area contributed by atoms with Crippen molar-refractivity contribution in [1.82, 2.24) is 14.5 Å². The van der Waals surface area contributed by atoms with E-state index in [1.165, 1.54) is 84.8 Å². The normalized spacial score (nSPS) is 12.2. The highest BCUT2D eigenvalue weighted by atomic mass is 32.1. The Balaban J connectivity index is 0.778. The predicted molar refractivity (Wildman–Crippen MR) is 407 cm³/mol. The number of hydrogen-bond acceptors (Lipinski definition) is 5. The van der Waals surface area contributed by atoms with E-state index in [2.05, 4.69) is 319 Å². The monoisotopic (exact) mass is 1240 g/mol. The van der Waals surface area contributed by atoms with E-state index in [9.17, 15) is 0 Å². The third-order valence-electron chi connectivity index (χ3n) is 20.2. The molecular weight excluding hydrogens is 1190 g/mol. The quantitative estimate of drug-likeness (QED) is 0.142. The first-order valence-corrected chi connectivity index (χ1v) is 33.6. The van der Waals surface area contributed by atoms with Gasteiger partial charge in [0.15, 0.2) is 5.82 Å². The minimum atomic E-state index is 0.649. The summed E-state index contributed by atoms with van der Waals surface area (Å²) in [6, 6.07) is 116. The number of rotatable bonds is 8. The standard InChI is InChI=1S/C90H52N4OS/c1-3-16-53(17-4-1)58-22-14-23-63(47-58)75-52-84(92-90(91-75)57-18-5-2-6-19-57)94-77-43-39-62(49-73(77)88-79(94)44-45-80-89(88)74-50-71-67-26-9-7-24-65(67)66-25-8-10-27-68(66)72(71)51-81(74)95-80)59-34-35-61-48-64(40-36-60(61)46-59)93(78-29-15-31-83-87(78)70-28-11-12-30-82(70)96-83)76-42-38-56-33-32-54-20-13-21-55-37-41-69(76)86(56)85(54)55/h1-52H. The molecule has 0 aliphatic rings. The zero-order chi connectivity index (χ0) is 62.7. The van der Waals surface area contributed by atoms with Gasteiger partial charge in [-0.2, -0.15) is 0 Å². The number of fused-ring (bicyclic) bond motifs is 17. The lowest BCUT2D eigenvalue weighted by molar-refractivity contribution is 0.670. The predicted octanol–water partition coefficient (Wildman–Crippen LogP) is 25.5. The Morgan fingerprint density at radius 3 is 1.69 bits per heavy atom. The Bertz CT molecular complexity index is 6830. The maximum atomic E-state index is 7.09. The Labute approximate surface area is 554 Å². The average Bonchev–Trinajstić information content (AvgIpc) is 1.46. The minimum Gasteiger partial charge on any atom is -0.456 e. The molecule has 0 amide bonds. The summed E-state index contributed by atoms with van der Waals surface area (Å²) in [6.07, 6.45) is 0. The number of anilines is 3. The Kier molecular flexibility index (Phi) is 11.3. The third-order valence-corrected chi connectivity index (χ3v) is 21.4. The number of hydrogen-bond donors (Lipinski definition) is 0. The molecule has 0 unspecified atom stereocenters. The highest BCUT2D eigenvalue weighted by Crippen LogP contribution is 2.51. The molecule has 0 spiro atoms. The van der Waals surface area contributed by atoms with Gasteiger partial charge < -0.3 is 9.32 Å². The van der Waals surface area contributed by atoms with Crippen molar-refractivity contribution in [2.75, 3.05) is 4.90 Å². The molecule has 96 heavy (non-hydrogen) atoms. The molecule has 0 saturated carbocycles. The van der Waals surface area contributed by atoms with Crippen LogP contribution in [0.5, 0.6) is 0 Å². The molecule has 0 bridgehead atoms. The second-order valence-corrected chi connectivity index (χ2v) is 26.6. The Morgan fingerprint density at radius 1 is 0.281 bits per heavy atom. The summed E-state index contributed by atoms with van der Waals surface area (Å²) in [5, 5.41) is 24.0. The molecule has 21 rings (SSSR count). The van der Waals surface area contributed by atoms with E-state index >= 15 is 0 Å². The first-order valence-electron chi connectivity index (χ1n) is 32.8. The fourth-order valence-corrected chi connectivity index (χ4v) is 17.0. The van der Waals surface area contributed by atoms with Crippen LogP contribution in [0.2, 0.25) is 0 Å². The number of nitrogens with zero attached hydrogens (tertiary/aromatic N) is 4. The summed E-state index contributed by atoms with van der Waals surface area (Å²) >= 11 is 1.86. The van der Waals surface area contributed by atoms with Crippen molar-refractivity contribution in [3.63, 3.8) is 0 Å². The maximum Gasteiger partial charge on any atom is 0.162 e. The van der Waals surface area contributed by atoms with Crippen LogP contribution < -0.4 is 4.90 Å². The maximum absolute atomic E-state index is 7.09. The van der Waals surface area contributed by atoms with Crippen LogP contribution in [0.3, 0.4) is 0 Å². The van der Waals surface area contributed by atoms with Crippen LogP contribution in [0.4, 0.5) is 17.1 Å². The molecular formula is C90H52N4OS. The lowest BCUT2D eigenvalue weighted by Gasteiger charge is -2.29. The van der Waals surface area contributed by atoms with Gasteiger partial charge in [0.2, 0.25) is 0 Å². The van der Waals surface area contributed by atoms with E-state index in [-0.39, 0.29) is 0 Å². The molecule has 0 radical (unpaired) electrons. The van der Waals surface area contributed by atoms with Gasteiger partial charge in [0, 0.05) is 70.0 Å². The molecule has 17 aromatic carbocycles. The van der Waals surface area contributed by atoms with Gasteiger partial charge in [-0.15, -0.1) is 11.3 Å². The topological polar surface area (TPSA) is 47.1 Å². The molecule has 0 N–H and O–H groups in total. The van der Waals surface area contributed by atoms with Gasteiger partial charge in [0.25, 0.3) is 0 Å². The number of thiophene rings is 1. The van der Waals surface area contributed by atoms with Gasteiger partial charge in [0.05, 0.1) is 28.1 Å². The number of furan rings is 1. The molecule has 21 aromatic rings. The largest absolute Gasteiger partial charge is 0.456 e.